The number of quaternary nitrogens is 1. The van der Waals surface area contributed by atoms with E-state index in [0.717, 1.165) is 23.1 Å². The van der Waals surface area contributed by atoms with Crippen LogP contribution in [-0.4, -0.2) is 39.0 Å². The molecule has 0 saturated carbocycles. The van der Waals surface area contributed by atoms with Gasteiger partial charge in [0.1, 0.15) is 0 Å². The van der Waals surface area contributed by atoms with Gasteiger partial charge in [-0.25, -0.2) is 0 Å². The monoisotopic (exact) mass is 304 g/mol. The predicted molar refractivity (Wildman–Crippen MR) is 70.8 cm³/mol. The number of carbonyl (C=O) groups is 2. The van der Waals surface area contributed by atoms with Crippen LogP contribution in [0.25, 0.3) is 0 Å². The molecular weight excluding hydrogens is 287 g/mol. The minimum Gasteiger partial charge on any atom is -0.342 e. The molecule has 2 amide bonds. The molecule has 0 aliphatic heterocycles. The molecule has 21 heavy (non-hydrogen) atoms. The van der Waals surface area contributed by atoms with Crippen molar-refractivity contribution in [2.24, 2.45) is 0 Å². The Hall–Kier alpha value is -2.09. The van der Waals surface area contributed by atoms with E-state index in [1.807, 2.05) is 14.1 Å². The molecule has 0 aliphatic rings. The highest BCUT2D eigenvalue weighted by molar-refractivity contribution is 6.39. The topological polar surface area (TPSA) is 62.6 Å². The molecule has 5 nitrogen and oxygen atoms in total. The molecule has 0 atom stereocenters. The third kappa shape index (κ3) is 5.82. The highest BCUT2D eigenvalue weighted by Crippen LogP contribution is 2.30. The molecule has 116 valence electrons. The lowest BCUT2D eigenvalue weighted by Crippen LogP contribution is -3.06. The van der Waals surface area contributed by atoms with E-state index in [4.69, 9.17) is 0 Å². The summed E-state index contributed by atoms with van der Waals surface area (Å²) in [5.74, 6) is -1.88. The van der Waals surface area contributed by atoms with Crippen LogP contribution in [0.3, 0.4) is 0 Å². The molecule has 0 aromatic heterocycles. The second kappa shape index (κ2) is 7.07. The molecule has 0 unspecified atom stereocenters. The van der Waals surface area contributed by atoms with E-state index >= 15 is 0 Å². The number of anilines is 1. The number of rotatable bonds is 4. The Kier molecular flexibility index (Phi) is 5.71. The molecule has 0 fully saturated rings. The van der Waals surface area contributed by atoms with Crippen LogP contribution >= 0.6 is 0 Å². The van der Waals surface area contributed by atoms with Crippen molar-refractivity contribution in [2.45, 2.75) is 6.18 Å². The number of likely N-dealkylation sites (N-methyl/N-ethyl adjacent to an activating group) is 1. The van der Waals surface area contributed by atoms with Gasteiger partial charge >= 0.3 is 18.0 Å². The van der Waals surface area contributed by atoms with Gasteiger partial charge in [-0.1, -0.05) is 6.07 Å². The number of halogens is 3. The van der Waals surface area contributed by atoms with Crippen LogP contribution in [-0.2, 0) is 15.8 Å². The lowest BCUT2D eigenvalue weighted by atomic mass is 10.2. The van der Waals surface area contributed by atoms with Gasteiger partial charge in [-0.15, -0.1) is 0 Å². The van der Waals surface area contributed by atoms with Crippen LogP contribution in [0, 0.1) is 0 Å². The number of hydrogen-bond donors (Lipinski definition) is 3. The summed E-state index contributed by atoms with van der Waals surface area (Å²) >= 11 is 0. The summed E-state index contributed by atoms with van der Waals surface area (Å²) in [5, 5.41) is 4.52. The van der Waals surface area contributed by atoms with E-state index in [2.05, 4.69) is 10.6 Å². The average molecular weight is 304 g/mol. The zero-order chi connectivity index (χ0) is 16.0. The van der Waals surface area contributed by atoms with Gasteiger partial charge < -0.3 is 15.5 Å². The third-order valence-electron chi connectivity index (χ3n) is 2.56. The lowest BCUT2D eigenvalue weighted by Gasteiger charge is -2.10. The molecule has 1 rings (SSSR count). The average Bonchev–Trinajstić information content (AvgIpc) is 2.37. The van der Waals surface area contributed by atoms with Crippen LogP contribution in [0.1, 0.15) is 5.56 Å². The fraction of sp³-hybridized carbons (Fsp3) is 0.385. The Labute approximate surface area is 120 Å². The first-order chi connectivity index (χ1) is 9.70. The summed E-state index contributed by atoms with van der Waals surface area (Å²) in [5.41, 5.74) is -0.972. The number of alkyl halides is 3. The molecule has 0 heterocycles. The van der Waals surface area contributed by atoms with Crippen molar-refractivity contribution in [3.05, 3.63) is 29.8 Å². The molecule has 8 heteroatoms. The second-order valence-corrected chi connectivity index (χ2v) is 4.75. The lowest BCUT2D eigenvalue weighted by molar-refractivity contribution is -0.856. The van der Waals surface area contributed by atoms with Crippen LogP contribution in [0.5, 0.6) is 0 Å². The van der Waals surface area contributed by atoms with Crippen molar-refractivity contribution in [1.82, 2.24) is 5.32 Å². The summed E-state index contributed by atoms with van der Waals surface area (Å²) in [6, 6.07) is 4.10. The fourth-order valence-electron chi connectivity index (χ4n) is 1.47. The fourth-order valence-corrected chi connectivity index (χ4v) is 1.47. The van der Waals surface area contributed by atoms with Crippen LogP contribution in [0.2, 0.25) is 0 Å². The summed E-state index contributed by atoms with van der Waals surface area (Å²) in [6.45, 7) is 0.930. The van der Waals surface area contributed by atoms with E-state index in [-0.39, 0.29) is 5.69 Å². The van der Waals surface area contributed by atoms with E-state index < -0.39 is 23.6 Å². The number of hydrogen-bond acceptors (Lipinski definition) is 2. The Morgan fingerprint density at radius 1 is 1.19 bits per heavy atom. The molecule has 1 aromatic rings. The van der Waals surface area contributed by atoms with Gasteiger partial charge in [0.15, 0.2) is 0 Å². The van der Waals surface area contributed by atoms with Crippen molar-refractivity contribution >= 4 is 17.5 Å². The summed E-state index contributed by atoms with van der Waals surface area (Å²) < 4.78 is 37.5. The zero-order valence-electron chi connectivity index (χ0n) is 11.7. The Bertz CT molecular complexity index is 516. The largest absolute Gasteiger partial charge is 0.416 e. The van der Waals surface area contributed by atoms with Gasteiger partial charge in [0.2, 0.25) is 0 Å². The van der Waals surface area contributed by atoms with Crippen molar-refractivity contribution in [1.29, 1.82) is 0 Å². The van der Waals surface area contributed by atoms with Gasteiger partial charge in [-0.05, 0) is 18.2 Å². The van der Waals surface area contributed by atoms with Gasteiger partial charge in [-0.3, -0.25) is 9.59 Å². The van der Waals surface area contributed by atoms with Crippen LogP contribution < -0.4 is 15.5 Å². The van der Waals surface area contributed by atoms with Crippen LogP contribution in [0.15, 0.2) is 24.3 Å². The first-order valence-corrected chi connectivity index (χ1v) is 6.25. The van der Waals surface area contributed by atoms with E-state index in [9.17, 15) is 22.8 Å². The third-order valence-corrected chi connectivity index (χ3v) is 2.56. The molecule has 3 N–H and O–H groups in total. The Balaban J connectivity index is 2.60. The molecular formula is C13H17F3N3O2+. The molecule has 0 saturated heterocycles. The van der Waals surface area contributed by atoms with Crippen LogP contribution in [0.4, 0.5) is 18.9 Å². The maximum atomic E-state index is 12.5. The maximum Gasteiger partial charge on any atom is 0.416 e. The smallest absolute Gasteiger partial charge is 0.342 e. The summed E-state index contributed by atoms with van der Waals surface area (Å²) in [6.07, 6.45) is -4.50. The molecule has 1 aromatic carbocycles. The first kappa shape index (κ1) is 17.0. The number of nitrogens with one attached hydrogen (secondary N) is 3. The first-order valence-electron chi connectivity index (χ1n) is 6.25. The minimum absolute atomic E-state index is 0.0804. The number of carbonyl (C=O) groups excluding carboxylic acids is 2. The van der Waals surface area contributed by atoms with Gasteiger partial charge in [0.05, 0.1) is 32.7 Å². The van der Waals surface area contributed by atoms with Crippen molar-refractivity contribution in [2.75, 3.05) is 32.5 Å². The van der Waals surface area contributed by atoms with Crippen molar-refractivity contribution in [3.8, 4) is 0 Å². The zero-order valence-corrected chi connectivity index (χ0v) is 11.7. The van der Waals surface area contributed by atoms with E-state index in [0.29, 0.717) is 13.1 Å². The van der Waals surface area contributed by atoms with Gasteiger partial charge in [0, 0.05) is 5.69 Å². The standard InChI is InChI=1S/C13H16F3N3O2/c1-19(2)7-6-17-11(20)12(21)18-10-5-3-4-9(8-10)13(14,15)16/h3-5,8H,6-7H2,1-2H3,(H,17,20)(H,18,21)/p+1. The predicted octanol–water partition coefficient (Wildman–Crippen LogP) is -0.0954. The van der Waals surface area contributed by atoms with E-state index in [1.165, 1.54) is 6.07 Å². The normalized spacial score (nSPS) is 11.3. The molecule has 0 radical (unpaired) electrons. The molecule has 0 spiro atoms. The highest BCUT2D eigenvalue weighted by atomic mass is 19.4. The van der Waals surface area contributed by atoms with Gasteiger partial charge in [-0.2, -0.15) is 13.2 Å². The number of benzene rings is 1. The Morgan fingerprint density at radius 3 is 2.43 bits per heavy atom. The second-order valence-electron chi connectivity index (χ2n) is 4.75. The molecule has 0 aliphatic carbocycles. The molecule has 0 bridgehead atoms. The highest BCUT2D eigenvalue weighted by Gasteiger charge is 2.30. The van der Waals surface area contributed by atoms with Crippen molar-refractivity contribution < 1.29 is 27.7 Å². The Morgan fingerprint density at radius 2 is 1.86 bits per heavy atom. The maximum absolute atomic E-state index is 12.5. The summed E-state index contributed by atoms with van der Waals surface area (Å²) in [7, 11) is 3.77. The van der Waals surface area contributed by atoms with Gasteiger partial charge in [0.25, 0.3) is 0 Å². The summed E-state index contributed by atoms with van der Waals surface area (Å²) in [4.78, 5) is 24.1. The quantitative estimate of drug-likeness (QED) is 0.681. The van der Waals surface area contributed by atoms with E-state index in [1.54, 1.807) is 0 Å². The minimum atomic E-state index is -4.50. The van der Waals surface area contributed by atoms with Crippen molar-refractivity contribution in [3.63, 3.8) is 0 Å². The number of amides is 2. The SMILES string of the molecule is C[NH+](C)CCNC(=O)C(=O)Nc1cccc(C(F)(F)F)c1.